The summed E-state index contributed by atoms with van der Waals surface area (Å²) in [6.45, 7) is 1.89. The number of sulfonamides is 1. The predicted molar refractivity (Wildman–Crippen MR) is 140 cm³/mol. The van der Waals surface area contributed by atoms with Crippen molar-refractivity contribution in [2.75, 3.05) is 10.0 Å². The van der Waals surface area contributed by atoms with Gasteiger partial charge in [-0.1, -0.05) is 60.7 Å². The molecular formula is C28H25N3O4S. The molecule has 0 aliphatic carbocycles. The second-order valence-corrected chi connectivity index (χ2v) is 9.78. The zero-order chi connectivity index (χ0) is 25.5. The highest BCUT2D eigenvalue weighted by molar-refractivity contribution is 7.92. The van der Waals surface area contributed by atoms with E-state index < -0.39 is 15.9 Å². The molecule has 36 heavy (non-hydrogen) atoms. The Balaban J connectivity index is 1.44. The van der Waals surface area contributed by atoms with Crippen molar-refractivity contribution in [1.82, 2.24) is 5.32 Å². The van der Waals surface area contributed by atoms with Gasteiger partial charge in [0.2, 0.25) is 0 Å². The van der Waals surface area contributed by atoms with Crippen LogP contribution in [0.25, 0.3) is 0 Å². The number of nitrogens with one attached hydrogen (secondary N) is 3. The predicted octanol–water partition coefficient (Wildman–Crippen LogP) is 5.23. The minimum atomic E-state index is -3.74. The highest BCUT2D eigenvalue weighted by atomic mass is 32.2. The fourth-order valence-electron chi connectivity index (χ4n) is 3.59. The van der Waals surface area contributed by atoms with Gasteiger partial charge in [0.05, 0.1) is 22.2 Å². The molecule has 2 amide bonds. The van der Waals surface area contributed by atoms with Crippen molar-refractivity contribution in [2.45, 2.75) is 17.9 Å². The first-order chi connectivity index (χ1) is 17.3. The van der Waals surface area contributed by atoms with Crippen molar-refractivity contribution in [3.05, 3.63) is 126 Å². The van der Waals surface area contributed by atoms with Gasteiger partial charge in [-0.25, -0.2) is 8.42 Å². The van der Waals surface area contributed by atoms with Crippen LogP contribution in [0.2, 0.25) is 0 Å². The van der Waals surface area contributed by atoms with Crippen molar-refractivity contribution in [3.8, 4) is 0 Å². The standard InChI is InChI=1S/C28H25N3O4S/c1-20(21-10-4-2-5-11-21)29-28(33)25-14-8-9-15-26(25)30-27(32)22-16-18-23(19-17-22)31-36(34,35)24-12-6-3-7-13-24/h2-20,31H,1H3,(H,29,33)(H,30,32). The van der Waals surface area contributed by atoms with E-state index in [1.807, 2.05) is 37.3 Å². The molecule has 4 aromatic rings. The Kier molecular flexibility index (Phi) is 7.46. The summed E-state index contributed by atoms with van der Waals surface area (Å²) in [7, 11) is -3.74. The summed E-state index contributed by atoms with van der Waals surface area (Å²) < 4.78 is 27.5. The van der Waals surface area contributed by atoms with Gasteiger partial charge >= 0.3 is 0 Å². The average molecular weight is 500 g/mol. The summed E-state index contributed by atoms with van der Waals surface area (Å²) in [6, 6.07) is 30.2. The monoisotopic (exact) mass is 499 g/mol. The highest BCUT2D eigenvalue weighted by Crippen LogP contribution is 2.20. The molecule has 0 saturated carbocycles. The molecule has 1 atom stereocenters. The normalized spacial score (nSPS) is 11.8. The largest absolute Gasteiger partial charge is 0.345 e. The van der Waals surface area contributed by atoms with Gasteiger partial charge in [-0.3, -0.25) is 14.3 Å². The van der Waals surface area contributed by atoms with Crippen LogP contribution in [0, 0.1) is 0 Å². The summed E-state index contributed by atoms with van der Waals surface area (Å²) in [5.41, 5.74) is 2.31. The van der Waals surface area contributed by atoms with Gasteiger partial charge in [-0.15, -0.1) is 0 Å². The molecule has 0 aliphatic rings. The van der Waals surface area contributed by atoms with Crippen LogP contribution in [0.15, 0.2) is 114 Å². The molecule has 3 N–H and O–H groups in total. The van der Waals surface area contributed by atoms with Crippen LogP contribution in [0.1, 0.15) is 39.2 Å². The zero-order valence-electron chi connectivity index (χ0n) is 19.5. The van der Waals surface area contributed by atoms with E-state index in [0.29, 0.717) is 22.5 Å². The van der Waals surface area contributed by atoms with E-state index in [0.717, 1.165) is 5.56 Å². The number of anilines is 2. The molecule has 0 radical (unpaired) electrons. The van der Waals surface area contributed by atoms with E-state index in [1.54, 1.807) is 42.5 Å². The summed E-state index contributed by atoms with van der Waals surface area (Å²) in [6.07, 6.45) is 0. The molecule has 4 rings (SSSR count). The second-order valence-electron chi connectivity index (χ2n) is 8.10. The second kappa shape index (κ2) is 10.9. The lowest BCUT2D eigenvalue weighted by Gasteiger charge is -2.16. The minimum absolute atomic E-state index is 0.142. The average Bonchev–Trinajstić information content (AvgIpc) is 2.90. The molecule has 0 aromatic heterocycles. The van der Waals surface area contributed by atoms with Gasteiger partial charge < -0.3 is 10.6 Å². The first-order valence-corrected chi connectivity index (χ1v) is 12.8. The number of hydrogen-bond donors (Lipinski definition) is 3. The molecule has 4 aromatic carbocycles. The third kappa shape index (κ3) is 5.97. The van der Waals surface area contributed by atoms with Crippen LogP contribution in [-0.4, -0.2) is 20.2 Å². The molecule has 1 unspecified atom stereocenters. The maximum atomic E-state index is 12.9. The summed E-state index contributed by atoms with van der Waals surface area (Å²) >= 11 is 0. The van der Waals surface area contributed by atoms with Crippen molar-refractivity contribution in [2.24, 2.45) is 0 Å². The summed E-state index contributed by atoms with van der Waals surface area (Å²) in [5, 5.41) is 5.73. The Morgan fingerprint density at radius 1 is 0.694 bits per heavy atom. The number of para-hydroxylation sites is 1. The van der Waals surface area contributed by atoms with Crippen LogP contribution < -0.4 is 15.4 Å². The molecule has 0 aliphatic heterocycles. The van der Waals surface area contributed by atoms with E-state index in [-0.39, 0.29) is 16.8 Å². The number of hydrogen-bond acceptors (Lipinski definition) is 4. The molecule has 0 bridgehead atoms. The number of amides is 2. The molecule has 7 nitrogen and oxygen atoms in total. The molecular weight excluding hydrogens is 474 g/mol. The third-order valence-corrected chi connectivity index (χ3v) is 6.92. The lowest BCUT2D eigenvalue weighted by molar-refractivity contribution is 0.0940. The third-order valence-electron chi connectivity index (χ3n) is 5.52. The zero-order valence-corrected chi connectivity index (χ0v) is 20.3. The Labute approximate surface area is 210 Å². The maximum absolute atomic E-state index is 12.9. The van der Waals surface area contributed by atoms with E-state index in [4.69, 9.17) is 0 Å². The number of carbonyl (C=O) groups excluding carboxylic acids is 2. The number of benzene rings is 4. The topological polar surface area (TPSA) is 104 Å². The summed E-state index contributed by atoms with van der Waals surface area (Å²) in [5.74, 6) is -0.739. The number of rotatable bonds is 8. The Hall–Kier alpha value is -4.43. The smallest absolute Gasteiger partial charge is 0.261 e. The van der Waals surface area contributed by atoms with Crippen molar-refractivity contribution >= 4 is 33.2 Å². The Bertz CT molecular complexity index is 1460. The molecule has 0 fully saturated rings. The lowest BCUT2D eigenvalue weighted by Crippen LogP contribution is -2.28. The van der Waals surface area contributed by atoms with E-state index in [2.05, 4.69) is 15.4 Å². The van der Waals surface area contributed by atoms with Crippen LogP contribution >= 0.6 is 0 Å². The van der Waals surface area contributed by atoms with Gasteiger partial charge in [0.1, 0.15) is 0 Å². The van der Waals surface area contributed by atoms with Crippen LogP contribution in [-0.2, 0) is 10.0 Å². The lowest BCUT2D eigenvalue weighted by atomic mass is 10.1. The SMILES string of the molecule is CC(NC(=O)c1ccccc1NC(=O)c1ccc(NS(=O)(=O)c2ccccc2)cc1)c1ccccc1. The fraction of sp³-hybridized carbons (Fsp3) is 0.0714. The quantitative estimate of drug-likeness (QED) is 0.309. The minimum Gasteiger partial charge on any atom is -0.345 e. The molecule has 0 spiro atoms. The molecule has 182 valence electrons. The fourth-order valence-corrected chi connectivity index (χ4v) is 4.67. The maximum Gasteiger partial charge on any atom is 0.261 e. The van der Waals surface area contributed by atoms with Gasteiger partial charge in [-0.2, -0.15) is 0 Å². The van der Waals surface area contributed by atoms with Crippen LogP contribution in [0.5, 0.6) is 0 Å². The van der Waals surface area contributed by atoms with Crippen molar-refractivity contribution < 1.29 is 18.0 Å². The molecule has 0 heterocycles. The van der Waals surface area contributed by atoms with Crippen LogP contribution in [0.3, 0.4) is 0 Å². The van der Waals surface area contributed by atoms with Crippen molar-refractivity contribution in [1.29, 1.82) is 0 Å². The first-order valence-electron chi connectivity index (χ1n) is 11.3. The van der Waals surface area contributed by atoms with Gasteiger partial charge in [-0.05, 0) is 61.0 Å². The van der Waals surface area contributed by atoms with E-state index >= 15 is 0 Å². The summed E-state index contributed by atoms with van der Waals surface area (Å²) in [4.78, 5) is 25.9. The number of carbonyl (C=O) groups is 2. The van der Waals surface area contributed by atoms with Gasteiger partial charge in [0.15, 0.2) is 0 Å². The first kappa shape index (κ1) is 24.7. The molecule has 8 heteroatoms. The highest BCUT2D eigenvalue weighted by Gasteiger charge is 2.17. The van der Waals surface area contributed by atoms with E-state index in [1.165, 1.54) is 36.4 Å². The van der Waals surface area contributed by atoms with Crippen molar-refractivity contribution in [3.63, 3.8) is 0 Å². The molecule has 0 saturated heterocycles. The van der Waals surface area contributed by atoms with Crippen LogP contribution in [0.4, 0.5) is 11.4 Å². The van der Waals surface area contributed by atoms with Gasteiger partial charge in [0, 0.05) is 11.3 Å². The van der Waals surface area contributed by atoms with Gasteiger partial charge in [0.25, 0.3) is 21.8 Å². The van der Waals surface area contributed by atoms with E-state index in [9.17, 15) is 18.0 Å². The Morgan fingerprint density at radius 3 is 1.94 bits per heavy atom. The Morgan fingerprint density at radius 2 is 1.28 bits per heavy atom.